The van der Waals surface area contributed by atoms with E-state index in [1.54, 1.807) is 22.8 Å². The van der Waals surface area contributed by atoms with Crippen molar-refractivity contribution in [1.82, 2.24) is 14.7 Å². The van der Waals surface area contributed by atoms with Gasteiger partial charge in [0.1, 0.15) is 17.3 Å². The lowest BCUT2D eigenvalue weighted by atomic mass is 9.99. The maximum atomic E-state index is 12.4. The number of amides is 1. The van der Waals surface area contributed by atoms with Gasteiger partial charge in [0.25, 0.3) is 0 Å². The summed E-state index contributed by atoms with van der Waals surface area (Å²) in [7, 11) is 1.80. The van der Waals surface area contributed by atoms with Crippen molar-refractivity contribution in [2.45, 2.75) is 52.2 Å². The smallest absolute Gasteiger partial charge is 0.410 e. The van der Waals surface area contributed by atoms with Crippen LogP contribution < -0.4 is 0 Å². The summed E-state index contributed by atoms with van der Waals surface area (Å²) in [6.07, 6.45) is 2.93. The molecule has 2 heterocycles. The summed E-state index contributed by atoms with van der Waals surface area (Å²) in [5.41, 5.74) is 0.799. The number of rotatable bonds is 2. The summed E-state index contributed by atoms with van der Waals surface area (Å²) in [6, 6.07) is 0. The van der Waals surface area contributed by atoms with Gasteiger partial charge in [0.2, 0.25) is 0 Å². The molecule has 0 spiro atoms. The van der Waals surface area contributed by atoms with Gasteiger partial charge < -0.3 is 14.4 Å². The van der Waals surface area contributed by atoms with Gasteiger partial charge in [0, 0.05) is 31.7 Å². The highest BCUT2D eigenvalue weighted by Crippen LogP contribution is 2.40. The first-order valence-electron chi connectivity index (χ1n) is 8.83. The van der Waals surface area contributed by atoms with Gasteiger partial charge in [0.05, 0.1) is 6.20 Å². The van der Waals surface area contributed by atoms with E-state index in [1.165, 1.54) is 0 Å². The SMILES string of the molecule is Cc1c(C(=O)O[C@@H]2CC[C@@H]3CN(C(=O)OC(C)(C)C)C[C@@H]32)cnn1C. The number of carbonyl (C=O) groups is 2. The van der Waals surface area contributed by atoms with Gasteiger partial charge in [-0.2, -0.15) is 5.10 Å². The van der Waals surface area contributed by atoms with Gasteiger partial charge in [-0.25, -0.2) is 9.59 Å². The first kappa shape index (κ1) is 17.8. The van der Waals surface area contributed by atoms with E-state index >= 15 is 0 Å². The summed E-state index contributed by atoms with van der Waals surface area (Å²) in [5.74, 6) is 0.237. The Balaban J connectivity index is 1.61. The molecule has 138 valence electrons. The molecule has 1 aromatic heterocycles. The van der Waals surface area contributed by atoms with E-state index < -0.39 is 5.60 Å². The third-order valence-corrected chi connectivity index (χ3v) is 5.16. The zero-order chi connectivity index (χ0) is 18.4. The van der Waals surface area contributed by atoms with Crippen molar-refractivity contribution >= 4 is 12.1 Å². The molecule has 0 radical (unpaired) electrons. The number of aromatic nitrogens is 2. The minimum Gasteiger partial charge on any atom is -0.458 e. The fourth-order valence-corrected chi connectivity index (χ4v) is 3.74. The molecule has 25 heavy (non-hydrogen) atoms. The lowest BCUT2D eigenvalue weighted by Gasteiger charge is -2.25. The average molecular weight is 349 g/mol. The Kier molecular flexibility index (Phi) is 4.51. The standard InChI is InChI=1S/C18H27N3O4/c1-11-13(8-19-20(11)5)16(22)24-15-7-6-12-9-21(10-14(12)15)17(23)25-18(2,3)4/h8,12,14-15H,6-7,9-10H2,1-5H3/t12-,14+,15-/m1/s1. The zero-order valence-corrected chi connectivity index (χ0v) is 15.6. The van der Waals surface area contributed by atoms with Crippen molar-refractivity contribution in [2.24, 2.45) is 18.9 Å². The van der Waals surface area contributed by atoms with Crippen LogP contribution in [0, 0.1) is 18.8 Å². The minimum atomic E-state index is -0.502. The summed E-state index contributed by atoms with van der Waals surface area (Å²) in [6.45, 7) is 8.71. The molecule has 1 amide bonds. The van der Waals surface area contributed by atoms with Crippen molar-refractivity contribution in [1.29, 1.82) is 0 Å². The Morgan fingerprint density at radius 2 is 1.96 bits per heavy atom. The third-order valence-electron chi connectivity index (χ3n) is 5.16. The van der Waals surface area contributed by atoms with Crippen LogP contribution in [0.1, 0.15) is 49.7 Å². The van der Waals surface area contributed by atoms with Gasteiger partial charge in [-0.1, -0.05) is 0 Å². The second-order valence-electron chi connectivity index (χ2n) is 8.10. The van der Waals surface area contributed by atoms with Gasteiger partial charge in [-0.05, 0) is 46.5 Å². The molecular formula is C18H27N3O4. The van der Waals surface area contributed by atoms with Crippen LogP contribution in [0.4, 0.5) is 4.79 Å². The van der Waals surface area contributed by atoms with Crippen molar-refractivity contribution < 1.29 is 19.1 Å². The van der Waals surface area contributed by atoms with Crippen LogP contribution >= 0.6 is 0 Å². The normalized spacial score (nSPS) is 25.8. The molecule has 7 nitrogen and oxygen atoms in total. The fourth-order valence-electron chi connectivity index (χ4n) is 3.74. The first-order chi connectivity index (χ1) is 11.7. The molecule has 0 unspecified atom stereocenters. The lowest BCUT2D eigenvalue weighted by Crippen LogP contribution is -2.37. The number of nitrogens with zero attached hydrogens (tertiary/aromatic N) is 3. The summed E-state index contributed by atoms with van der Waals surface area (Å²) in [4.78, 5) is 26.5. The molecule has 0 bridgehead atoms. The van der Waals surface area contributed by atoms with Gasteiger partial charge in [-0.3, -0.25) is 4.68 Å². The molecule has 2 fully saturated rings. The van der Waals surface area contributed by atoms with Crippen LogP contribution in [0.2, 0.25) is 0 Å². The summed E-state index contributed by atoms with van der Waals surface area (Å²) >= 11 is 0. The Morgan fingerprint density at radius 1 is 1.24 bits per heavy atom. The molecule has 3 atom stereocenters. The molecule has 1 saturated carbocycles. The maximum absolute atomic E-state index is 12.4. The van der Waals surface area contributed by atoms with Crippen LogP contribution in [0.25, 0.3) is 0 Å². The highest BCUT2D eigenvalue weighted by molar-refractivity contribution is 5.90. The second kappa shape index (κ2) is 6.35. The molecule has 1 aromatic rings. The molecule has 2 aliphatic rings. The quantitative estimate of drug-likeness (QED) is 0.767. The van der Waals surface area contributed by atoms with Crippen LogP contribution in [0.3, 0.4) is 0 Å². The number of fused-ring (bicyclic) bond motifs is 1. The van der Waals surface area contributed by atoms with E-state index in [1.807, 2.05) is 27.7 Å². The van der Waals surface area contributed by atoms with Crippen molar-refractivity contribution in [3.05, 3.63) is 17.5 Å². The number of ether oxygens (including phenoxy) is 2. The predicted octanol–water partition coefficient (Wildman–Crippen LogP) is 2.53. The number of esters is 1. The Labute approximate surface area is 148 Å². The molecule has 1 aliphatic heterocycles. The molecule has 3 rings (SSSR count). The third kappa shape index (κ3) is 3.65. The van der Waals surface area contributed by atoms with Gasteiger partial charge in [-0.15, -0.1) is 0 Å². The summed E-state index contributed by atoms with van der Waals surface area (Å²) in [5, 5.41) is 4.09. The van der Waals surface area contributed by atoms with E-state index in [9.17, 15) is 9.59 Å². The molecule has 1 saturated heterocycles. The highest BCUT2D eigenvalue weighted by Gasteiger charge is 2.46. The molecule has 0 N–H and O–H groups in total. The fraction of sp³-hybridized carbons (Fsp3) is 0.722. The largest absolute Gasteiger partial charge is 0.458 e. The molecule has 0 aromatic carbocycles. The molecule has 1 aliphatic carbocycles. The van der Waals surface area contributed by atoms with E-state index in [0.29, 0.717) is 24.6 Å². The van der Waals surface area contributed by atoms with E-state index in [2.05, 4.69) is 5.10 Å². The summed E-state index contributed by atoms with van der Waals surface area (Å²) < 4.78 is 12.9. The monoisotopic (exact) mass is 349 g/mol. The van der Waals surface area contributed by atoms with Crippen LogP contribution in [-0.4, -0.2) is 51.5 Å². The van der Waals surface area contributed by atoms with Gasteiger partial charge >= 0.3 is 12.1 Å². The molecular weight excluding hydrogens is 322 g/mol. The van der Waals surface area contributed by atoms with E-state index in [-0.39, 0.29) is 24.1 Å². The number of hydrogen-bond donors (Lipinski definition) is 0. The number of carbonyl (C=O) groups excluding carboxylic acids is 2. The highest BCUT2D eigenvalue weighted by atomic mass is 16.6. The predicted molar refractivity (Wildman–Crippen MR) is 91.2 cm³/mol. The zero-order valence-electron chi connectivity index (χ0n) is 15.6. The van der Waals surface area contributed by atoms with Crippen molar-refractivity contribution in [3.63, 3.8) is 0 Å². The Bertz CT molecular complexity index is 676. The number of hydrogen-bond acceptors (Lipinski definition) is 5. The van der Waals surface area contributed by atoms with Crippen LogP contribution in [0.15, 0.2) is 6.20 Å². The first-order valence-corrected chi connectivity index (χ1v) is 8.83. The average Bonchev–Trinajstić information content (AvgIpc) is 3.15. The van der Waals surface area contributed by atoms with Crippen molar-refractivity contribution in [2.75, 3.05) is 13.1 Å². The Morgan fingerprint density at radius 3 is 2.56 bits per heavy atom. The van der Waals surface area contributed by atoms with Gasteiger partial charge in [0.15, 0.2) is 0 Å². The Hall–Kier alpha value is -2.05. The lowest BCUT2D eigenvalue weighted by molar-refractivity contribution is 0.0153. The van der Waals surface area contributed by atoms with Crippen LogP contribution in [0.5, 0.6) is 0 Å². The molecule has 7 heteroatoms. The van der Waals surface area contributed by atoms with E-state index in [0.717, 1.165) is 18.5 Å². The maximum Gasteiger partial charge on any atom is 0.410 e. The van der Waals surface area contributed by atoms with E-state index in [4.69, 9.17) is 9.47 Å². The number of likely N-dealkylation sites (tertiary alicyclic amines) is 1. The topological polar surface area (TPSA) is 73.7 Å². The van der Waals surface area contributed by atoms with Crippen LogP contribution in [-0.2, 0) is 16.5 Å². The number of aryl methyl sites for hydroxylation is 1. The minimum absolute atomic E-state index is 0.149. The van der Waals surface area contributed by atoms with Crippen molar-refractivity contribution in [3.8, 4) is 0 Å². The second-order valence-corrected chi connectivity index (χ2v) is 8.10.